The van der Waals surface area contributed by atoms with E-state index in [1.165, 1.54) is 0 Å². The molecule has 0 aromatic heterocycles. The SMILES string of the molecule is C=CCOc1c(Br)ccc(C)c1Cl. The van der Waals surface area contributed by atoms with E-state index >= 15 is 0 Å². The third-order valence-electron chi connectivity index (χ3n) is 1.59. The van der Waals surface area contributed by atoms with Crippen molar-refractivity contribution < 1.29 is 4.74 Å². The molecule has 70 valence electrons. The lowest BCUT2D eigenvalue weighted by molar-refractivity contribution is 0.361. The van der Waals surface area contributed by atoms with Crippen molar-refractivity contribution in [3.8, 4) is 5.75 Å². The second-order valence-electron chi connectivity index (χ2n) is 2.61. The minimum absolute atomic E-state index is 0.460. The molecule has 13 heavy (non-hydrogen) atoms. The average molecular weight is 262 g/mol. The summed E-state index contributed by atoms with van der Waals surface area (Å²) in [5.41, 5.74) is 1.00. The molecular formula is C10H10BrClO. The van der Waals surface area contributed by atoms with Crippen LogP contribution in [0.15, 0.2) is 29.3 Å². The Kier molecular flexibility index (Phi) is 3.82. The van der Waals surface area contributed by atoms with Crippen molar-refractivity contribution in [2.24, 2.45) is 0 Å². The molecule has 0 aliphatic rings. The summed E-state index contributed by atoms with van der Waals surface area (Å²) in [6, 6.07) is 3.85. The minimum Gasteiger partial charge on any atom is -0.487 e. The molecule has 1 aromatic carbocycles. The predicted octanol–water partition coefficient (Wildman–Crippen LogP) is 3.98. The van der Waals surface area contributed by atoms with E-state index in [0.29, 0.717) is 17.4 Å². The van der Waals surface area contributed by atoms with Crippen LogP contribution in [0.5, 0.6) is 5.75 Å². The molecule has 0 unspecified atom stereocenters. The highest BCUT2D eigenvalue weighted by molar-refractivity contribution is 9.10. The van der Waals surface area contributed by atoms with Gasteiger partial charge in [-0.15, -0.1) is 0 Å². The summed E-state index contributed by atoms with van der Waals surface area (Å²) < 4.78 is 6.27. The van der Waals surface area contributed by atoms with E-state index in [2.05, 4.69) is 22.5 Å². The fraction of sp³-hybridized carbons (Fsp3) is 0.200. The molecule has 0 atom stereocenters. The summed E-state index contributed by atoms with van der Waals surface area (Å²) in [4.78, 5) is 0. The first-order valence-electron chi connectivity index (χ1n) is 3.85. The predicted molar refractivity (Wildman–Crippen MR) is 59.6 cm³/mol. The molecule has 0 bridgehead atoms. The van der Waals surface area contributed by atoms with Gasteiger partial charge in [0, 0.05) is 0 Å². The van der Waals surface area contributed by atoms with Crippen LogP contribution in [-0.4, -0.2) is 6.61 Å². The van der Waals surface area contributed by atoms with E-state index < -0.39 is 0 Å². The van der Waals surface area contributed by atoms with Crippen molar-refractivity contribution >= 4 is 27.5 Å². The van der Waals surface area contributed by atoms with Gasteiger partial charge in [-0.25, -0.2) is 0 Å². The summed E-state index contributed by atoms with van der Waals surface area (Å²) in [6.07, 6.45) is 1.69. The fourth-order valence-corrected chi connectivity index (χ4v) is 1.68. The van der Waals surface area contributed by atoms with Crippen LogP contribution in [-0.2, 0) is 0 Å². The summed E-state index contributed by atoms with van der Waals surface area (Å²) >= 11 is 9.41. The maximum atomic E-state index is 6.04. The van der Waals surface area contributed by atoms with Gasteiger partial charge in [0.25, 0.3) is 0 Å². The zero-order chi connectivity index (χ0) is 9.84. The molecule has 0 spiro atoms. The molecule has 0 aliphatic heterocycles. The Balaban J connectivity index is 3.02. The molecular weight excluding hydrogens is 251 g/mol. The molecule has 1 aromatic rings. The molecule has 0 fully saturated rings. The molecule has 0 radical (unpaired) electrons. The van der Waals surface area contributed by atoms with Crippen LogP contribution < -0.4 is 4.74 Å². The molecule has 0 amide bonds. The summed E-state index contributed by atoms with van der Waals surface area (Å²) in [6.45, 7) is 5.97. The van der Waals surface area contributed by atoms with E-state index in [1.807, 2.05) is 19.1 Å². The number of aryl methyl sites for hydroxylation is 1. The van der Waals surface area contributed by atoms with Gasteiger partial charge in [-0.2, -0.15) is 0 Å². The Hall–Kier alpha value is -0.470. The van der Waals surface area contributed by atoms with Crippen LogP contribution in [0.2, 0.25) is 5.02 Å². The van der Waals surface area contributed by atoms with Gasteiger partial charge in [0.2, 0.25) is 0 Å². The highest BCUT2D eigenvalue weighted by Crippen LogP contribution is 2.35. The van der Waals surface area contributed by atoms with E-state index in [9.17, 15) is 0 Å². The quantitative estimate of drug-likeness (QED) is 0.748. The van der Waals surface area contributed by atoms with Gasteiger partial charge < -0.3 is 4.74 Å². The zero-order valence-electron chi connectivity index (χ0n) is 7.31. The average Bonchev–Trinajstić information content (AvgIpc) is 2.12. The molecule has 0 N–H and O–H groups in total. The van der Waals surface area contributed by atoms with Crippen LogP contribution >= 0.6 is 27.5 Å². The highest BCUT2D eigenvalue weighted by Gasteiger charge is 2.08. The van der Waals surface area contributed by atoms with Gasteiger partial charge in [-0.3, -0.25) is 0 Å². The van der Waals surface area contributed by atoms with Crippen molar-refractivity contribution in [3.63, 3.8) is 0 Å². The number of hydrogen-bond acceptors (Lipinski definition) is 1. The Bertz CT molecular complexity index is 323. The lowest BCUT2D eigenvalue weighted by Gasteiger charge is -2.09. The van der Waals surface area contributed by atoms with Gasteiger partial charge in [-0.1, -0.05) is 30.3 Å². The van der Waals surface area contributed by atoms with Gasteiger partial charge in [0.15, 0.2) is 5.75 Å². The van der Waals surface area contributed by atoms with Crippen LogP contribution in [0.1, 0.15) is 5.56 Å². The largest absolute Gasteiger partial charge is 0.487 e. The first-order valence-corrected chi connectivity index (χ1v) is 5.02. The standard InChI is InChI=1S/C10H10BrClO/c1-3-6-13-10-8(11)5-4-7(2)9(10)12/h3-5H,1,6H2,2H3. The number of benzene rings is 1. The van der Waals surface area contributed by atoms with Gasteiger partial charge >= 0.3 is 0 Å². The van der Waals surface area contributed by atoms with Crippen LogP contribution in [0, 0.1) is 6.92 Å². The van der Waals surface area contributed by atoms with Crippen molar-refractivity contribution in [1.29, 1.82) is 0 Å². The molecule has 0 saturated carbocycles. The topological polar surface area (TPSA) is 9.23 Å². The van der Waals surface area contributed by atoms with Crippen molar-refractivity contribution in [2.75, 3.05) is 6.61 Å². The van der Waals surface area contributed by atoms with Gasteiger partial charge in [0.05, 0.1) is 9.50 Å². The van der Waals surface area contributed by atoms with Gasteiger partial charge in [0.1, 0.15) is 6.61 Å². The van der Waals surface area contributed by atoms with Crippen molar-refractivity contribution in [2.45, 2.75) is 6.92 Å². The van der Waals surface area contributed by atoms with E-state index in [4.69, 9.17) is 16.3 Å². The smallest absolute Gasteiger partial charge is 0.152 e. The van der Waals surface area contributed by atoms with Crippen LogP contribution in [0.3, 0.4) is 0 Å². The van der Waals surface area contributed by atoms with E-state index in [-0.39, 0.29) is 0 Å². The lowest BCUT2D eigenvalue weighted by atomic mass is 10.2. The number of hydrogen-bond donors (Lipinski definition) is 0. The second-order valence-corrected chi connectivity index (χ2v) is 3.84. The van der Waals surface area contributed by atoms with Crippen molar-refractivity contribution in [3.05, 3.63) is 39.8 Å². The summed E-state index contributed by atoms with van der Waals surface area (Å²) in [5.74, 6) is 0.682. The molecule has 3 heteroatoms. The van der Waals surface area contributed by atoms with Crippen molar-refractivity contribution in [1.82, 2.24) is 0 Å². The zero-order valence-corrected chi connectivity index (χ0v) is 9.65. The first kappa shape index (κ1) is 10.6. The maximum absolute atomic E-state index is 6.04. The lowest BCUT2D eigenvalue weighted by Crippen LogP contribution is -1.95. The molecule has 0 saturated heterocycles. The molecule has 0 heterocycles. The second kappa shape index (κ2) is 4.68. The minimum atomic E-state index is 0.460. The maximum Gasteiger partial charge on any atom is 0.152 e. The van der Waals surface area contributed by atoms with E-state index in [1.54, 1.807) is 6.08 Å². The molecule has 1 nitrogen and oxygen atoms in total. The Morgan fingerprint density at radius 1 is 1.62 bits per heavy atom. The Morgan fingerprint density at radius 2 is 2.31 bits per heavy atom. The summed E-state index contributed by atoms with van der Waals surface area (Å²) in [7, 11) is 0. The van der Waals surface area contributed by atoms with Crippen LogP contribution in [0.4, 0.5) is 0 Å². The number of ether oxygens (including phenoxy) is 1. The number of rotatable bonds is 3. The Labute approximate surface area is 91.5 Å². The fourth-order valence-electron chi connectivity index (χ4n) is 0.905. The first-order chi connectivity index (χ1) is 6.16. The van der Waals surface area contributed by atoms with Gasteiger partial charge in [-0.05, 0) is 34.5 Å². The molecule has 0 aliphatic carbocycles. The monoisotopic (exact) mass is 260 g/mol. The van der Waals surface area contributed by atoms with E-state index in [0.717, 1.165) is 10.0 Å². The Morgan fingerprint density at radius 3 is 2.92 bits per heavy atom. The molecule has 1 rings (SSSR count). The highest BCUT2D eigenvalue weighted by atomic mass is 79.9. The third kappa shape index (κ3) is 2.48. The van der Waals surface area contributed by atoms with Crippen LogP contribution in [0.25, 0.3) is 0 Å². The summed E-state index contributed by atoms with van der Waals surface area (Å²) in [5, 5.41) is 0.649. The normalized spacial score (nSPS) is 9.77. The third-order valence-corrected chi connectivity index (χ3v) is 2.68. The number of halogens is 2.